The summed E-state index contributed by atoms with van der Waals surface area (Å²) in [5, 5.41) is 3.60. The molecule has 1 heterocycles. The van der Waals surface area contributed by atoms with Crippen LogP contribution in [0.25, 0.3) is 0 Å². The minimum absolute atomic E-state index is 0.404. The van der Waals surface area contributed by atoms with Crippen LogP contribution in [0.1, 0.15) is 26.7 Å². The molecule has 1 aliphatic heterocycles. The van der Waals surface area contributed by atoms with Crippen molar-refractivity contribution < 1.29 is 4.74 Å². The first-order valence-corrected chi connectivity index (χ1v) is 5.81. The number of morpholine rings is 1. The van der Waals surface area contributed by atoms with E-state index in [9.17, 15) is 0 Å². The van der Waals surface area contributed by atoms with Crippen molar-refractivity contribution in [3.63, 3.8) is 0 Å². The highest BCUT2D eigenvalue weighted by atomic mass is 16.5. The summed E-state index contributed by atoms with van der Waals surface area (Å²) >= 11 is 0. The second kappa shape index (κ2) is 4.17. The first-order valence-electron chi connectivity index (χ1n) is 5.81. The molecule has 2 fully saturated rings. The third-order valence-electron chi connectivity index (χ3n) is 3.43. The summed E-state index contributed by atoms with van der Waals surface area (Å²) in [6, 6.07) is 0. The molecule has 0 aromatic rings. The van der Waals surface area contributed by atoms with Gasteiger partial charge in [0.15, 0.2) is 0 Å². The molecule has 0 radical (unpaired) electrons. The maximum Gasteiger partial charge on any atom is 0.0826 e. The molecule has 1 aliphatic carbocycles. The lowest BCUT2D eigenvalue weighted by atomic mass is 10.2. The fourth-order valence-corrected chi connectivity index (χ4v) is 1.92. The van der Waals surface area contributed by atoms with Gasteiger partial charge in [0, 0.05) is 25.2 Å². The molecule has 1 saturated heterocycles. The molecule has 2 aliphatic rings. The quantitative estimate of drug-likeness (QED) is 0.725. The molecule has 0 aromatic carbocycles. The monoisotopic (exact) mass is 198 g/mol. The van der Waals surface area contributed by atoms with Crippen molar-refractivity contribution in [2.24, 2.45) is 0 Å². The number of rotatable bonds is 4. The molecule has 2 rings (SSSR count). The highest BCUT2D eigenvalue weighted by molar-refractivity contribution is 4.98. The Morgan fingerprint density at radius 1 is 1.50 bits per heavy atom. The predicted octanol–water partition coefficient (Wildman–Crippen LogP) is 0.849. The van der Waals surface area contributed by atoms with Gasteiger partial charge in [-0.05, 0) is 26.3 Å². The minimum Gasteiger partial charge on any atom is -0.374 e. The molecular weight excluding hydrogens is 176 g/mol. The third-order valence-corrected chi connectivity index (χ3v) is 3.43. The van der Waals surface area contributed by atoms with E-state index >= 15 is 0 Å². The fraction of sp³-hybridized carbons (Fsp3) is 1.00. The maximum absolute atomic E-state index is 5.73. The zero-order valence-electron chi connectivity index (χ0n) is 9.38. The van der Waals surface area contributed by atoms with Gasteiger partial charge in [0.2, 0.25) is 0 Å². The smallest absolute Gasteiger partial charge is 0.0826 e. The Morgan fingerprint density at radius 3 is 2.93 bits per heavy atom. The van der Waals surface area contributed by atoms with Crippen molar-refractivity contribution in [2.45, 2.75) is 38.3 Å². The molecule has 1 atom stereocenters. The number of nitrogens with one attached hydrogen (secondary N) is 1. The normalized spacial score (nSPS) is 31.7. The SMILES string of the molecule is CCN1CCOC(CNC2(C)CC2)C1. The fourth-order valence-electron chi connectivity index (χ4n) is 1.92. The van der Waals surface area contributed by atoms with E-state index in [1.54, 1.807) is 0 Å². The van der Waals surface area contributed by atoms with Crippen LogP contribution >= 0.6 is 0 Å². The number of ether oxygens (including phenoxy) is 1. The zero-order chi connectivity index (χ0) is 10.0. The summed E-state index contributed by atoms with van der Waals surface area (Å²) in [6.45, 7) is 9.79. The lowest BCUT2D eigenvalue weighted by Crippen LogP contribution is -2.48. The molecule has 0 bridgehead atoms. The molecule has 1 N–H and O–H groups in total. The third kappa shape index (κ3) is 2.69. The molecule has 0 aromatic heterocycles. The Morgan fingerprint density at radius 2 is 2.29 bits per heavy atom. The molecule has 1 saturated carbocycles. The van der Waals surface area contributed by atoms with E-state index in [-0.39, 0.29) is 0 Å². The van der Waals surface area contributed by atoms with Crippen LogP contribution in [0.15, 0.2) is 0 Å². The first-order chi connectivity index (χ1) is 6.72. The summed E-state index contributed by atoms with van der Waals surface area (Å²) in [5.74, 6) is 0. The van der Waals surface area contributed by atoms with Crippen molar-refractivity contribution in [3.05, 3.63) is 0 Å². The van der Waals surface area contributed by atoms with Gasteiger partial charge in [0.1, 0.15) is 0 Å². The Bertz CT molecular complexity index is 192. The molecule has 82 valence electrons. The highest BCUT2D eigenvalue weighted by Gasteiger charge is 2.37. The van der Waals surface area contributed by atoms with Crippen LogP contribution in [-0.2, 0) is 4.74 Å². The molecular formula is C11H22N2O. The largest absolute Gasteiger partial charge is 0.374 e. The second-order valence-electron chi connectivity index (χ2n) is 4.83. The molecule has 1 unspecified atom stereocenters. The van der Waals surface area contributed by atoms with E-state index < -0.39 is 0 Å². The summed E-state index contributed by atoms with van der Waals surface area (Å²) in [6.07, 6.45) is 3.06. The van der Waals surface area contributed by atoms with Crippen LogP contribution < -0.4 is 5.32 Å². The lowest BCUT2D eigenvalue weighted by Gasteiger charge is -2.32. The topological polar surface area (TPSA) is 24.5 Å². The van der Waals surface area contributed by atoms with Gasteiger partial charge in [0.05, 0.1) is 12.7 Å². The average molecular weight is 198 g/mol. The van der Waals surface area contributed by atoms with Gasteiger partial charge >= 0.3 is 0 Å². The first kappa shape index (κ1) is 10.4. The Hall–Kier alpha value is -0.120. The van der Waals surface area contributed by atoms with Crippen LogP contribution in [0.2, 0.25) is 0 Å². The summed E-state index contributed by atoms with van der Waals surface area (Å²) < 4.78 is 5.73. The average Bonchev–Trinajstić information content (AvgIpc) is 2.95. The Labute approximate surface area is 86.8 Å². The lowest BCUT2D eigenvalue weighted by molar-refractivity contribution is -0.0265. The van der Waals surface area contributed by atoms with E-state index in [2.05, 4.69) is 24.1 Å². The molecule has 3 nitrogen and oxygen atoms in total. The molecule has 0 amide bonds. The minimum atomic E-state index is 0.404. The Balaban J connectivity index is 1.69. The van der Waals surface area contributed by atoms with Gasteiger partial charge in [-0.15, -0.1) is 0 Å². The highest BCUT2D eigenvalue weighted by Crippen LogP contribution is 2.34. The second-order valence-corrected chi connectivity index (χ2v) is 4.83. The predicted molar refractivity (Wildman–Crippen MR) is 57.5 cm³/mol. The van der Waals surface area contributed by atoms with E-state index in [0.29, 0.717) is 11.6 Å². The van der Waals surface area contributed by atoms with Crippen molar-refractivity contribution in [3.8, 4) is 0 Å². The van der Waals surface area contributed by atoms with Crippen molar-refractivity contribution >= 4 is 0 Å². The van der Waals surface area contributed by atoms with Crippen LogP contribution in [-0.4, -0.2) is 49.3 Å². The van der Waals surface area contributed by atoms with E-state index in [1.807, 2.05) is 0 Å². The van der Waals surface area contributed by atoms with E-state index in [4.69, 9.17) is 4.74 Å². The summed E-state index contributed by atoms with van der Waals surface area (Å²) in [4.78, 5) is 2.46. The van der Waals surface area contributed by atoms with Crippen molar-refractivity contribution in [1.29, 1.82) is 0 Å². The number of likely N-dealkylation sites (N-methyl/N-ethyl adjacent to an activating group) is 1. The summed E-state index contributed by atoms with van der Waals surface area (Å²) in [5.41, 5.74) is 0.442. The van der Waals surface area contributed by atoms with E-state index in [1.165, 1.54) is 12.8 Å². The number of nitrogens with zero attached hydrogens (tertiary/aromatic N) is 1. The van der Waals surface area contributed by atoms with Crippen molar-refractivity contribution in [1.82, 2.24) is 10.2 Å². The molecule has 14 heavy (non-hydrogen) atoms. The maximum atomic E-state index is 5.73. The van der Waals surface area contributed by atoms with Crippen LogP contribution in [0, 0.1) is 0 Å². The van der Waals surface area contributed by atoms with Crippen LogP contribution in [0.4, 0.5) is 0 Å². The number of hydrogen-bond acceptors (Lipinski definition) is 3. The van der Waals surface area contributed by atoms with Gasteiger partial charge in [-0.25, -0.2) is 0 Å². The summed E-state index contributed by atoms with van der Waals surface area (Å²) in [7, 11) is 0. The number of hydrogen-bond donors (Lipinski definition) is 1. The molecule has 3 heteroatoms. The van der Waals surface area contributed by atoms with Crippen LogP contribution in [0.3, 0.4) is 0 Å². The molecule has 0 spiro atoms. The van der Waals surface area contributed by atoms with E-state index in [0.717, 1.165) is 32.8 Å². The van der Waals surface area contributed by atoms with Gasteiger partial charge in [-0.2, -0.15) is 0 Å². The van der Waals surface area contributed by atoms with Gasteiger partial charge in [-0.1, -0.05) is 6.92 Å². The Kier molecular flexibility index (Phi) is 3.10. The van der Waals surface area contributed by atoms with Gasteiger partial charge in [-0.3, -0.25) is 4.90 Å². The van der Waals surface area contributed by atoms with Crippen molar-refractivity contribution in [2.75, 3.05) is 32.8 Å². The zero-order valence-corrected chi connectivity index (χ0v) is 9.38. The van der Waals surface area contributed by atoms with Gasteiger partial charge < -0.3 is 10.1 Å². The van der Waals surface area contributed by atoms with Crippen LogP contribution in [0.5, 0.6) is 0 Å². The van der Waals surface area contributed by atoms with Gasteiger partial charge in [0.25, 0.3) is 0 Å². The standard InChI is InChI=1S/C11H22N2O/c1-3-13-6-7-14-10(9-13)8-12-11(2)4-5-11/h10,12H,3-9H2,1-2H3.